The van der Waals surface area contributed by atoms with Crippen LogP contribution in [-0.2, 0) is 32.1 Å². The second-order valence-corrected chi connectivity index (χ2v) is 10.0. The highest BCUT2D eigenvalue weighted by atomic mass is 32.2. The molecule has 0 amide bonds. The number of hydrogen-bond donors (Lipinski definition) is 0. The first-order valence-electron chi connectivity index (χ1n) is 9.49. The molecule has 0 N–H and O–H groups in total. The van der Waals surface area contributed by atoms with Crippen molar-refractivity contribution in [1.29, 1.82) is 0 Å². The van der Waals surface area contributed by atoms with Crippen LogP contribution in [0.1, 0.15) is 29.8 Å². The average Bonchev–Trinajstić information content (AvgIpc) is 3.16. The molecule has 0 saturated heterocycles. The summed E-state index contributed by atoms with van der Waals surface area (Å²) in [5, 5.41) is 3.58. The van der Waals surface area contributed by atoms with E-state index in [0.717, 1.165) is 28.1 Å². The fraction of sp³-hybridized carbons (Fsp3) is 0.333. The van der Waals surface area contributed by atoms with E-state index >= 15 is 0 Å². The Kier molecular flexibility index (Phi) is 7.19. The summed E-state index contributed by atoms with van der Waals surface area (Å²) in [6.07, 6.45) is 2.52. The number of halogens is 3. The van der Waals surface area contributed by atoms with E-state index in [1.165, 1.54) is 17.8 Å². The number of rotatable bonds is 7. The van der Waals surface area contributed by atoms with Crippen molar-refractivity contribution in [2.24, 2.45) is 0 Å². The van der Waals surface area contributed by atoms with Crippen LogP contribution in [0.25, 0.3) is 11.1 Å². The van der Waals surface area contributed by atoms with Gasteiger partial charge >= 0.3 is 12.1 Å². The van der Waals surface area contributed by atoms with Gasteiger partial charge in [0.15, 0.2) is 15.5 Å². The molecule has 3 rings (SSSR count). The zero-order chi connectivity index (χ0) is 23.5. The van der Waals surface area contributed by atoms with Crippen molar-refractivity contribution >= 4 is 38.7 Å². The van der Waals surface area contributed by atoms with E-state index in [0.29, 0.717) is 18.4 Å². The number of thioether (sulfide) groups is 1. The summed E-state index contributed by atoms with van der Waals surface area (Å²) in [7, 11) is -3.36. The lowest BCUT2D eigenvalue weighted by atomic mass is 9.92. The summed E-state index contributed by atoms with van der Waals surface area (Å²) >= 11 is 1.27. The molecular formula is C21H21F3N2O4S2. The van der Waals surface area contributed by atoms with Crippen LogP contribution in [-0.4, -0.2) is 42.6 Å². The highest BCUT2D eigenvalue weighted by Gasteiger charge is 2.35. The molecular weight excluding hydrogens is 465 g/mol. The van der Waals surface area contributed by atoms with Gasteiger partial charge in [0.25, 0.3) is 0 Å². The van der Waals surface area contributed by atoms with Gasteiger partial charge < -0.3 is 4.74 Å². The predicted octanol–water partition coefficient (Wildman–Crippen LogP) is 4.43. The number of hydrogen-bond acceptors (Lipinski definition) is 6. The maximum atomic E-state index is 13.2. The van der Waals surface area contributed by atoms with Crippen molar-refractivity contribution in [3.8, 4) is 0 Å². The Morgan fingerprint density at radius 1 is 1.19 bits per heavy atom. The number of benzene rings is 1. The summed E-state index contributed by atoms with van der Waals surface area (Å²) in [5.41, 5.74) is 1.29. The molecule has 6 nitrogen and oxygen atoms in total. The molecule has 1 aliphatic carbocycles. The number of ether oxygens (including phenoxy) is 1. The third-order valence-electron chi connectivity index (χ3n) is 4.80. The van der Waals surface area contributed by atoms with Gasteiger partial charge in [0.2, 0.25) is 0 Å². The summed E-state index contributed by atoms with van der Waals surface area (Å²) < 4.78 is 69.3. The zero-order valence-corrected chi connectivity index (χ0v) is 19.0. The van der Waals surface area contributed by atoms with E-state index in [2.05, 4.69) is 5.10 Å². The largest absolute Gasteiger partial charge is 0.453 e. The zero-order valence-electron chi connectivity index (χ0n) is 17.3. The Morgan fingerprint density at radius 3 is 2.47 bits per heavy atom. The van der Waals surface area contributed by atoms with Crippen molar-refractivity contribution in [3.05, 3.63) is 59.4 Å². The van der Waals surface area contributed by atoms with Gasteiger partial charge in [0.1, 0.15) is 12.5 Å². The third kappa shape index (κ3) is 5.83. The van der Waals surface area contributed by atoms with Gasteiger partial charge in [-0.15, -0.1) is 11.8 Å². The molecule has 2 aromatic rings. The minimum absolute atomic E-state index is 0.100. The molecule has 172 valence electrons. The molecule has 0 fully saturated rings. The maximum absolute atomic E-state index is 13.2. The number of carbonyl (C=O) groups is 1. The second kappa shape index (κ2) is 9.53. The van der Waals surface area contributed by atoms with Crippen LogP contribution in [0.5, 0.6) is 0 Å². The first kappa shape index (κ1) is 24.1. The van der Waals surface area contributed by atoms with Gasteiger partial charge in [-0.05, 0) is 54.0 Å². The molecule has 0 unspecified atom stereocenters. The molecule has 32 heavy (non-hydrogen) atoms. The SMILES string of the molecule is CSCOC(=O)Cn1nc(C(F)(F)F)cc1C1=CC=C(c2cccc(S(C)(=O)=O)c2)CC1. The molecule has 11 heteroatoms. The molecule has 0 spiro atoms. The average molecular weight is 487 g/mol. The Bertz CT molecular complexity index is 1180. The lowest BCUT2D eigenvalue weighted by Crippen LogP contribution is -2.17. The summed E-state index contributed by atoms with van der Waals surface area (Å²) in [5.74, 6) is -0.578. The van der Waals surface area contributed by atoms with Crippen molar-refractivity contribution in [1.82, 2.24) is 9.78 Å². The molecule has 0 radical (unpaired) electrons. The second-order valence-electron chi connectivity index (χ2n) is 7.18. The minimum Gasteiger partial charge on any atom is -0.453 e. The maximum Gasteiger partial charge on any atom is 0.435 e. The normalized spacial score (nSPS) is 14.7. The lowest BCUT2D eigenvalue weighted by molar-refractivity contribution is -0.144. The number of carbonyl (C=O) groups excluding carboxylic acids is 1. The Labute approximate surface area is 188 Å². The lowest BCUT2D eigenvalue weighted by Gasteiger charge is -2.16. The number of allylic oxidation sites excluding steroid dienone is 4. The molecule has 1 heterocycles. The number of sulfone groups is 1. The van der Waals surface area contributed by atoms with E-state index in [9.17, 15) is 26.4 Å². The predicted molar refractivity (Wildman–Crippen MR) is 116 cm³/mol. The van der Waals surface area contributed by atoms with Gasteiger partial charge in [-0.1, -0.05) is 24.3 Å². The highest BCUT2D eigenvalue weighted by molar-refractivity contribution is 7.98. The molecule has 0 atom stereocenters. The van der Waals surface area contributed by atoms with Crippen molar-refractivity contribution in [3.63, 3.8) is 0 Å². The Balaban J connectivity index is 1.93. The quantitative estimate of drug-likeness (QED) is 0.426. The van der Waals surface area contributed by atoms with Crippen LogP contribution in [0.15, 0.2) is 47.4 Å². The third-order valence-corrected chi connectivity index (χ3v) is 6.26. The standard InChI is InChI=1S/C21H21F3N2O4S2/c1-31-13-30-20(27)12-26-18(11-19(25-26)21(22,23)24)15-8-6-14(7-9-15)16-4-3-5-17(10-16)32(2,28)29/h3-6,8,10-11H,7,9,12-13H2,1-2H3. The van der Waals surface area contributed by atoms with E-state index in [1.54, 1.807) is 36.6 Å². The van der Waals surface area contributed by atoms with Crippen LogP contribution in [0.2, 0.25) is 0 Å². The Morgan fingerprint density at radius 2 is 1.88 bits per heavy atom. The van der Waals surface area contributed by atoms with Crippen LogP contribution < -0.4 is 0 Å². The van der Waals surface area contributed by atoms with Crippen LogP contribution in [0.4, 0.5) is 13.2 Å². The first-order valence-corrected chi connectivity index (χ1v) is 12.8. The van der Waals surface area contributed by atoms with E-state index < -0.39 is 34.2 Å². The van der Waals surface area contributed by atoms with E-state index in [1.807, 2.05) is 0 Å². The molecule has 1 aromatic heterocycles. The summed E-state index contributed by atoms with van der Waals surface area (Å²) in [6.45, 7) is -0.434. The van der Waals surface area contributed by atoms with Crippen molar-refractivity contribution in [2.45, 2.75) is 30.5 Å². The topological polar surface area (TPSA) is 78.3 Å². The van der Waals surface area contributed by atoms with Crippen LogP contribution in [0, 0.1) is 0 Å². The first-order chi connectivity index (χ1) is 15.0. The fourth-order valence-corrected chi connectivity index (χ4v) is 4.16. The van der Waals surface area contributed by atoms with Gasteiger partial charge in [-0.3, -0.25) is 9.48 Å². The van der Waals surface area contributed by atoms with Crippen molar-refractivity contribution in [2.75, 3.05) is 18.5 Å². The number of nitrogens with zero attached hydrogens (tertiary/aromatic N) is 2. The van der Waals surface area contributed by atoms with Crippen molar-refractivity contribution < 1.29 is 31.1 Å². The van der Waals surface area contributed by atoms with Crippen LogP contribution >= 0.6 is 11.8 Å². The Hall–Kier alpha value is -2.53. The molecule has 1 aliphatic rings. The molecule has 0 saturated carbocycles. The summed E-state index contributed by atoms with van der Waals surface area (Å²) in [6, 6.07) is 7.45. The molecule has 1 aromatic carbocycles. The highest BCUT2D eigenvalue weighted by Crippen LogP contribution is 2.35. The van der Waals surface area contributed by atoms with Gasteiger partial charge in [0, 0.05) is 6.26 Å². The molecule has 0 bridgehead atoms. The minimum atomic E-state index is -4.65. The van der Waals surface area contributed by atoms with E-state index in [4.69, 9.17) is 4.74 Å². The van der Waals surface area contributed by atoms with Gasteiger partial charge in [-0.2, -0.15) is 18.3 Å². The smallest absolute Gasteiger partial charge is 0.435 e. The number of aromatic nitrogens is 2. The van der Waals surface area contributed by atoms with Crippen LogP contribution in [0.3, 0.4) is 0 Å². The van der Waals surface area contributed by atoms with E-state index in [-0.39, 0.29) is 16.5 Å². The monoisotopic (exact) mass is 486 g/mol. The van der Waals surface area contributed by atoms with Gasteiger partial charge in [-0.25, -0.2) is 8.42 Å². The molecule has 0 aliphatic heterocycles. The summed E-state index contributed by atoms with van der Waals surface area (Å²) in [4.78, 5) is 12.2. The number of alkyl halides is 3. The number of esters is 1. The van der Waals surface area contributed by atoms with Gasteiger partial charge in [0.05, 0.1) is 10.6 Å². The fourth-order valence-electron chi connectivity index (χ4n) is 3.24.